The quantitative estimate of drug-likeness (QED) is 0.692. The van der Waals surface area contributed by atoms with Crippen LogP contribution in [0.2, 0.25) is 0 Å². The topological polar surface area (TPSA) is 77.7 Å². The number of carbonyl (C=O) groups is 1. The molecule has 1 unspecified atom stereocenters. The Kier molecular flexibility index (Phi) is 5.81. The number of rotatable bonds is 7. The summed E-state index contributed by atoms with van der Waals surface area (Å²) in [4.78, 5) is 16.9. The summed E-state index contributed by atoms with van der Waals surface area (Å²) in [6.07, 6.45) is -4.30. The third-order valence-corrected chi connectivity index (χ3v) is 3.96. The second-order valence-corrected chi connectivity index (χ2v) is 5.69. The first-order valence-corrected chi connectivity index (χ1v) is 7.52. The van der Waals surface area contributed by atoms with E-state index in [1.54, 1.807) is 7.11 Å². The van der Waals surface area contributed by atoms with Gasteiger partial charge in [-0.15, -0.1) is 0 Å². The van der Waals surface area contributed by atoms with Crippen LogP contribution in [0.4, 0.5) is 13.2 Å². The summed E-state index contributed by atoms with van der Waals surface area (Å²) in [5.74, 6) is -0.863. The highest BCUT2D eigenvalue weighted by molar-refractivity contribution is 5.78. The Balaban J connectivity index is 2.01. The Morgan fingerprint density at radius 3 is 2.75 bits per heavy atom. The lowest BCUT2D eigenvalue weighted by molar-refractivity contribution is -0.194. The van der Waals surface area contributed by atoms with Gasteiger partial charge in [-0.1, -0.05) is 5.16 Å². The molecule has 1 aromatic rings. The fourth-order valence-corrected chi connectivity index (χ4v) is 2.60. The first kappa shape index (κ1) is 18.7. The van der Waals surface area contributed by atoms with E-state index >= 15 is 0 Å². The van der Waals surface area contributed by atoms with Crippen molar-refractivity contribution in [2.24, 2.45) is 0 Å². The summed E-state index contributed by atoms with van der Waals surface area (Å²) in [5.41, 5.74) is -2.32. The monoisotopic (exact) mass is 351 g/mol. The molecule has 2 heterocycles. The normalized spacial score (nSPS) is 21.5. The average molecular weight is 351 g/mol. The first-order chi connectivity index (χ1) is 11.3. The number of likely N-dealkylation sites (tertiary alicyclic amines) is 1. The maximum Gasteiger partial charge on any atom is 0.405 e. The Bertz CT molecular complexity index is 564. The Morgan fingerprint density at radius 1 is 1.42 bits per heavy atom. The molecule has 1 fully saturated rings. The number of aryl methyl sites for hydroxylation is 1. The zero-order chi connectivity index (χ0) is 17.8. The maximum absolute atomic E-state index is 13.6. The summed E-state index contributed by atoms with van der Waals surface area (Å²) in [6.45, 7) is 1.40. The fraction of sp³-hybridized carbons (Fsp3) is 0.786. The van der Waals surface area contributed by atoms with E-state index in [2.05, 4.69) is 10.1 Å². The van der Waals surface area contributed by atoms with Crippen molar-refractivity contribution in [2.45, 2.75) is 31.4 Å². The van der Waals surface area contributed by atoms with Crippen LogP contribution in [0.1, 0.15) is 24.6 Å². The lowest BCUT2D eigenvalue weighted by atomic mass is 9.86. The Labute approximate surface area is 137 Å². The van der Waals surface area contributed by atoms with Crippen LogP contribution in [0, 0.1) is 6.92 Å². The van der Waals surface area contributed by atoms with Crippen LogP contribution in [0.5, 0.6) is 0 Å². The Morgan fingerprint density at radius 2 is 2.17 bits per heavy atom. The van der Waals surface area contributed by atoms with Crippen LogP contribution in [-0.4, -0.2) is 67.1 Å². The van der Waals surface area contributed by atoms with Crippen molar-refractivity contribution in [3.05, 3.63) is 11.7 Å². The molecule has 1 saturated heterocycles. The predicted molar refractivity (Wildman–Crippen MR) is 75.3 cm³/mol. The summed E-state index contributed by atoms with van der Waals surface area (Å²) >= 11 is 0. The Hall–Kier alpha value is -1.68. The zero-order valence-corrected chi connectivity index (χ0v) is 13.6. The molecular formula is C14H20F3N3O4. The van der Waals surface area contributed by atoms with Crippen molar-refractivity contribution in [2.75, 3.05) is 40.0 Å². The van der Waals surface area contributed by atoms with Gasteiger partial charge in [-0.2, -0.15) is 18.2 Å². The third-order valence-electron chi connectivity index (χ3n) is 3.96. The SMILES string of the molecule is COCCCOCC(=O)N1CCC(c2nc(C)no2)(C(F)(F)F)C1. The number of amides is 1. The van der Waals surface area contributed by atoms with Gasteiger partial charge < -0.3 is 18.9 Å². The predicted octanol–water partition coefficient (Wildman–Crippen LogP) is 1.46. The third kappa shape index (κ3) is 3.86. The number of alkyl halides is 3. The van der Waals surface area contributed by atoms with Crippen LogP contribution >= 0.6 is 0 Å². The molecule has 1 amide bonds. The highest BCUT2D eigenvalue weighted by atomic mass is 19.4. The van der Waals surface area contributed by atoms with Gasteiger partial charge in [0.25, 0.3) is 0 Å². The van der Waals surface area contributed by atoms with E-state index in [1.807, 2.05) is 0 Å². The van der Waals surface area contributed by atoms with Crippen molar-refractivity contribution in [3.63, 3.8) is 0 Å². The molecule has 1 aliphatic rings. The second kappa shape index (κ2) is 7.47. The maximum atomic E-state index is 13.6. The number of hydrogen-bond donors (Lipinski definition) is 0. The van der Waals surface area contributed by atoms with E-state index in [0.717, 1.165) is 4.90 Å². The van der Waals surface area contributed by atoms with E-state index in [0.29, 0.717) is 19.6 Å². The minimum absolute atomic E-state index is 0.0405. The minimum atomic E-state index is -4.60. The lowest BCUT2D eigenvalue weighted by Crippen LogP contribution is -2.46. The van der Waals surface area contributed by atoms with Crippen molar-refractivity contribution < 1.29 is 32.0 Å². The number of halogens is 3. The van der Waals surface area contributed by atoms with Gasteiger partial charge >= 0.3 is 6.18 Å². The van der Waals surface area contributed by atoms with Gasteiger partial charge in [-0.05, 0) is 19.8 Å². The van der Waals surface area contributed by atoms with Crippen molar-refractivity contribution in [3.8, 4) is 0 Å². The van der Waals surface area contributed by atoms with Gasteiger partial charge in [-0.25, -0.2) is 0 Å². The number of ether oxygens (including phenoxy) is 2. The molecule has 0 saturated carbocycles. The van der Waals surface area contributed by atoms with Gasteiger partial charge in [0.15, 0.2) is 11.2 Å². The first-order valence-electron chi connectivity index (χ1n) is 7.52. The molecule has 0 aromatic carbocycles. The molecule has 1 aliphatic heterocycles. The standard InChI is InChI=1S/C14H20F3N3O4/c1-10-18-12(24-19-10)13(14(15,16)17)4-5-20(9-13)11(21)8-23-7-3-6-22-2/h3-9H2,1-2H3. The van der Waals surface area contributed by atoms with E-state index in [-0.39, 0.29) is 25.4 Å². The summed E-state index contributed by atoms with van der Waals surface area (Å²) < 4.78 is 55.7. The summed E-state index contributed by atoms with van der Waals surface area (Å²) in [7, 11) is 1.55. The minimum Gasteiger partial charge on any atom is -0.385 e. The lowest BCUT2D eigenvalue weighted by Gasteiger charge is -2.27. The van der Waals surface area contributed by atoms with Gasteiger partial charge in [0.2, 0.25) is 11.8 Å². The van der Waals surface area contributed by atoms with Crippen molar-refractivity contribution in [1.82, 2.24) is 15.0 Å². The number of aromatic nitrogens is 2. The smallest absolute Gasteiger partial charge is 0.385 e. The van der Waals surface area contributed by atoms with E-state index < -0.39 is 29.9 Å². The fourth-order valence-electron chi connectivity index (χ4n) is 2.60. The van der Waals surface area contributed by atoms with Crippen LogP contribution in [-0.2, 0) is 19.7 Å². The molecule has 24 heavy (non-hydrogen) atoms. The van der Waals surface area contributed by atoms with Gasteiger partial charge in [0.05, 0.1) is 0 Å². The highest BCUT2D eigenvalue weighted by Crippen LogP contribution is 2.46. The number of hydrogen-bond acceptors (Lipinski definition) is 6. The van der Waals surface area contributed by atoms with Gasteiger partial charge in [0.1, 0.15) is 6.61 Å². The number of nitrogens with zero attached hydrogens (tertiary/aromatic N) is 3. The number of methoxy groups -OCH3 is 1. The zero-order valence-electron chi connectivity index (χ0n) is 13.6. The second-order valence-electron chi connectivity index (χ2n) is 5.69. The summed E-state index contributed by atoms with van der Waals surface area (Å²) in [5, 5.41) is 3.44. The molecule has 1 aromatic heterocycles. The molecular weight excluding hydrogens is 331 g/mol. The molecule has 7 nitrogen and oxygen atoms in total. The van der Waals surface area contributed by atoms with Crippen LogP contribution in [0.25, 0.3) is 0 Å². The van der Waals surface area contributed by atoms with Gasteiger partial charge in [-0.3, -0.25) is 4.79 Å². The molecule has 10 heteroatoms. The average Bonchev–Trinajstić information content (AvgIpc) is 3.13. The van der Waals surface area contributed by atoms with E-state index in [1.165, 1.54) is 6.92 Å². The molecule has 136 valence electrons. The van der Waals surface area contributed by atoms with E-state index in [4.69, 9.17) is 14.0 Å². The number of carbonyl (C=O) groups excluding carboxylic acids is 1. The van der Waals surface area contributed by atoms with Gasteiger partial charge in [0, 0.05) is 33.4 Å². The molecule has 0 N–H and O–H groups in total. The molecule has 0 bridgehead atoms. The van der Waals surface area contributed by atoms with E-state index in [9.17, 15) is 18.0 Å². The van der Waals surface area contributed by atoms with Crippen molar-refractivity contribution in [1.29, 1.82) is 0 Å². The van der Waals surface area contributed by atoms with Crippen LogP contribution in [0.15, 0.2) is 4.52 Å². The van der Waals surface area contributed by atoms with Crippen molar-refractivity contribution >= 4 is 5.91 Å². The summed E-state index contributed by atoms with van der Waals surface area (Å²) in [6, 6.07) is 0. The molecule has 0 aliphatic carbocycles. The van der Waals surface area contributed by atoms with Crippen LogP contribution < -0.4 is 0 Å². The molecule has 0 radical (unpaired) electrons. The largest absolute Gasteiger partial charge is 0.405 e. The molecule has 2 rings (SSSR count). The van der Waals surface area contributed by atoms with Crippen LogP contribution in [0.3, 0.4) is 0 Å². The highest BCUT2D eigenvalue weighted by Gasteiger charge is 2.63. The molecule has 1 atom stereocenters. The molecule has 0 spiro atoms.